The largest absolute Gasteiger partial charge is 0.380 e. The highest BCUT2D eigenvalue weighted by atomic mass is 15.3. The van der Waals surface area contributed by atoms with Gasteiger partial charge in [-0.2, -0.15) is 5.10 Å². The van der Waals surface area contributed by atoms with Gasteiger partial charge in [0.05, 0.1) is 16.8 Å². The first kappa shape index (κ1) is 16.2. The molecule has 0 atom stereocenters. The Bertz CT molecular complexity index is 1250. The second-order valence-electron chi connectivity index (χ2n) is 6.49. The summed E-state index contributed by atoms with van der Waals surface area (Å²) in [5, 5.41) is 14.4. The smallest absolute Gasteiger partial charge is 0.174 e. The van der Waals surface area contributed by atoms with Gasteiger partial charge < -0.3 is 5.73 Å². The van der Waals surface area contributed by atoms with Crippen LogP contribution in [-0.2, 0) is 0 Å². The Morgan fingerprint density at radius 2 is 1.21 bits per heavy atom. The molecule has 0 bridgehead atoms. The highest BCUT2D eigenvalue weighted by Crippen LogP contribution is 2.37. The second-order valence-corrected chi connectivity index (χ2v) is 6.49. The van der Waals surface area contributed by atoms with Crippen LogP contribution in [0.4, 0.5) is 5.82 Å². The Balaban J connectivity index is 1.93. The molecule has 5 aromatic rings. The van der Waals surface area contributed by atoms with Gasteiger partial charge in [-0.05, 0) is 12.1 Å². The van der Waals surface area contributed by atoms with Crippen LogP contribution < -0.4 is 5.73 Å². The van der Waals surface area contributed by atoms with Gasteiger partial charge >= 0.3 is 0 Å². The Morgan fingerprint density at radius 1 is 0.643 bits per heavy atom. The van der Waals surface area contributed by atoms with Crippen LogP contribution in [0.2, 0.25) is 0 Å². The van der Waals surface area contributed by atoms with Gasteiger partial charge in [-0.25, -0.2) is 4.68 Å². The molecule has 0 amide bonds. The van der Waals surface area contributed by atoms with Crippen molar-refractivity contribution in [2.45, 2.75) is 0 Å². The average molecular weight is 363 g/mol. The zero-order chi connectivity index (χ0) is 18.9. The molecule has 0 spiro atoms. The van der Waals surface area contributed by atoms with Crippen LogP contribution in [0.1, 0.15) is 0 Å². The van der Waals surface area contributed by atoms with Crippen LogP contribution in [0.5, 0.6) is 0 Å². The summed E-state index contributed by atoms with van der Waals surface area (Å²) in [6.07, 6.45) is 0. The molecule has 5 rings (SSSR count). The first-order chi connectivity index (χ1) is 13.8. The summed E-state index contributed by atoms with van der Waals surface area (Å²) in [6.45, 7) is 0. The molecule has 0 aliphatic rings. The van der Waals surface area contributed by atoms with E-state index in [2.05, 4.69) is 22.3 Å². The molecule has 0 saturated carbocycles. The standard InChI is InChI=1S/C23H17N5/c24-23-21-19(20(25-26-23)16-10-4-1-5-11-16)22(17-12-6-2-7-13-17)28(27-21)18-14-8-3-9-15-18/h1-15H,(H2,24,26). The van der Waals surface area contributed by atoms with Crippen LogP contribution in [-0.4, -0.2) is 20.0 Å². The third-order valence-electron chi connectivity index (χ3n) is 4.72. The summed E-state index contributed by atoms with van der Waals surface area (Å²) in [4.78, 5) is 0. The first-order valence-electron chi connectivity index (χ1n) is 9.04. The summed E-state index contributed by atoms with van der Waals surface area (Å²) < 4.78 is 1.92. The normalized spacial score (nSPS) is 11.0. The lowest BCUT2D eigenvalue weighted by molar-refractivity contribution is 0.903. The number of hydrogen-bond acceptors (Lipinski definition) is 4. The van der Waals surface area contributed by atoms with Crippen molar-refractivity contribution in [2.75, 3.05) is 5.73 Å². The van der Waals surface area contributed by atoms with Crippen molar-refractivity contribution in [3.05, 3.63) is 91.0 Å². The van der Waals surface area contributed by atoms with Crippen molar-refractivity contribution in [3.8, 4) is 28.2 Å². The van der Waals surface area contributed by atoms with Gasteiger partial charge in [0, 0.05) is 11.1 Å². The highest BCUT2D eigenvalue weighted by molar-refractivity contribution is 6.06. The summed E-state index contributed by atoms with van der Waals surface area (Å²) in [7, 11) is 0. The van der Waals surface area contributed by atoms with E-state index in [0.29, 0.717) is 11.3 Å². The quantitative estimate of drug-likeness (QED) is 0.503. The molecule has 0 aliphatic heterocycles. The molecule has 0 aliphatic carbocycles. The molecule has 0 radical (unpaired) electrons. The van der Waals surface area contributed by atoms with Crippen molar-refractivity contribution in [1.29, 1.82) is 0 Å². The third kappa shape index (κ3) is 2.61. The third-order valence-corrected chi connectivity index (χ3v) is 4.72. The van der Waals surface area contributed by atoms with Gasteiger partial charge in [0.1, 0.15) is 11.2 Å². The van der Waals surface area contributed by atoms with Gasteiger partial charge in [-0.15, -0.1) is 10.2 Å². The van der Waals surface area contributed by atoms with E-state index in [-0.39, 0.29) is 0 Å². The minimum atomic E-state index is 0.321. The maximum Gasteiger partial charge on any atom is 0.174 e. The second kappa shape index (κ2) is 6.63. The number of benzene rings is 3. The van der Waals surface area contributed by atoms with Crippen molar-refractivity contribution in [1.82, 2.24) is 20.0 Å². The van der Waals surface area contributed by atoms with E-state index in [1.807, 2.05) is 83.5 Å². The lowest BCUT2D eigenvalue weighted by Gasteiger charge is -2.09. The lowest BCUT2D eigenvalue weighted by Crippen LogP contribution is -1.98. The molecule has 134 valence electrons. The van der Waals surface area contributed by atoms with Gasteiger partial charge in [-0.3, -0.25) is 0 Å². The fourth-order valence-electron chi connectivity index (χ4n) is 3.44. The number of para-hydroxylation sites is 1. The van der Waals surface area contributed by atoms with Crippen LogP contribution in [0.25, 0.3) is 39.1 Å². The molecule has 28 heavy (non-hydrogen) atoms. The van der Waals surface area contributed by atoms with Crippen molar-refractivity contribution >= 4 is 16.7 Å². The number of fused-ring (bicyclic) bond motifs is 1. The topological polar surface area (TPSA) is 69.6 Å². The molecule has 0 saturated heterocycles. The van der Waals surface area contributed by atoms with Gasteiger partial charge in [-0.1, -0.05) is 78.9 Å². The van der Waals surface area contributed by atoms with Crippen LogP contribution in [0.3, 0.4) is 0 Å². The van der Waals surface area contributed by atoms with E-state index in [9.17, 15) is 0 Å². The minimum Gasteiger partial charge on any atom is -0.380 e. The molecule has 5 heteroatoms. The number of nitrogens with zero attached hydrogens (tertiary/aromatic N) is 4. The monoisotopic (exact) mass is 363 g/mol. The van der Waals surface area contributed by atoms with Gasteiger partial charge in [0.2, 0.25) is 0 Å². The molecular formula is C23H17N5. The number of hydrogen-bond donors (Lipinski definition) is 1. The first-order valence-corrected chi connectivity index (χ1v) is 9.04. The van der Waals surface area contributed by atoms with Crippen molar-refractivity contribution in [3.63, 3.8) is 0 Å². The fourth-order valence-corrected chi connectivity index (χ4v) is 3.44. The Hall–Kier alpha value is -3.99. The zero-order valence-electron chi connectivity index (χ0n) is 15.0. The predicted octanol–water partition coefficient (Wildman–Crippen LogP) is 4.73. The molecule has 3 aromatic carbocycles. The van der Waals surface area contributed by atoms with E-state index >= 15 is 0 Å². The van der Waals surface area contributed by atoms with Crippen LogP contribution in [0, 0.1) is 0 Å². The lowest BCUT2D eigenvalue weighted by atomic mass is 10.0. The minimum absolute atomic E-state index is 0.321. The maximum atomic E-state index is 6.19. The number of aromatic nitrogens is 4. The SMILES string of the molecule is Nc1nnc(-c2ccccc2)c2c(-c3ccccc3)n(-c3ccccc3)nc12. The number of nitrogens with two attached hydrogens (primary N) is 1. The van der Waals surface area contributed by atoms with Crippen LogP contribution >= 0.6 is 0 Å². The van der Waals surface area contributed by atoms with E-state index in [1.165, 1.54) is 0 Å². The Labute approximate surface area is 162 Å². The summed E-state index contributed by atoms with van der Waals surface area (Å²) >= 11 is 0. The van der Waals surface area contributed by atoms with Crippen LogP contribution in [0.15, 0.2) is 91.0 Å². The Kier molecular flexibility index (Phi) is 3.84. The number of rotatable bonds is 3. The molecule has 2 aromatic heterocycles. The average Bonchev–Trinajstić information content (AvgIpc) is 3.17. The summed E-state index contributed by atoms with van der Waals surface area (Å²) in [6, 6.07) is 30.2. The number of nitrogen functional groups attached to an aromatic ring is 1. The van der Waals surface area contributed by atoms with Crippen molar-refractivity contribution < 1.29 is 0 Å². The summed E-state index contributed by atoms with van der Waals surface area (Å²) in [5.74, 6) is 0.321. The molecule has 2 N–H and O–H groups in total. The molecular weight excluding hydrogens is 346 g/mol. The van der Waals surface area contributed by atoms with Crippen molar-refractivity contribution in [2.24, 2.45) is 0 Å². The van der Waals surface area contributed by atoms with E-state index in [1.54, 1.807) is 0 Å². The molecule has 5 nitrogen and oxygen atoms in total. The predicted molar refractivity (Wildman–Crippen MR) is 112 cm³/mol. The molecule has 0 unspecified atom stereocenters. The van der Waals surface area contributed by atoms with E-state index in [0.717, 1.165) is 33.6 Å². The Morgan fingerprint density at radius 3 is 1.86 bits per heavy atom. The summed E-state index contributed by atoms with van der Waals surface area (Å²) in [5.41, 5.74) is 11.5. The molecule has 2 heterocycles. The van der Waals surface area contributed by atoms with Gasteiger partial charge in [0.15, 0.2) is 5.82 Å². The zero-order valence-corrected chi connectivity index (χ0v) is 15.0. The molecule has 0 fully saturated rings. The van der Waals surface area contributed by atoms with E-state index in [4.69, 9.17) is 10.8 Å². The van der Waals surface area contributed by atoms with Gasteiger partial charge in [0.25, 0.3) is 0 Å². The highest BCUT2D eigenvalue weighted by Gasteiger charge is 2.22. The fraction of sp³-hybridized carbons (Fsp3) is 0. The maximum absolute atomic E-state index is 6.19. The number of anilines is 1. The van der Waals surface area contributed by atoms with E-state index < -0.39 is 0 Å².